The van der Waals surface area contributed by atoms with Crippen LogP contribution in [0.1, 0.15) is 22.8 Å². The number of halogens is 1. The van der Waals surface area contributed by atoms with Gasteiger partial charge in [-0.2, -0.15) is 4.37 Å². The molecule has 0 unspecified atom stereocenters. The first-order chi connectivity index (χ1) is 9.61. The molecule has 7 heteroatoms. The number of hydrogen-bond acceptors (Lipinski definition) is 6. The molecule has 0 amide bonds. The Morgan fingerprint density at radius 1 is 1.45 bits per heavy atom. The van der Waals surface area contributed by atoms with Crippen LogP contribution in [-0.4, -0.2) is 16.9 Å². The van der Waals surface area contributed by atoms with Crippen LogP contribution in [0.5, 0.6) is 0 Å². The number of nitrogens with one attached hydrogen (secondary N) is 1. The summed E-state index contributed by atoms with van der Waals surface area (Å²) < 4.78 is 8.95. The van der Waals surface area contributed by atoms with Crippen LogP contribution in [0, 0.1) is 0 Å². The van der Waals surface area contributed by atoms with Crippen molar-refractivity contribution < 1.29 is 9.53 Å². The second kappa shape index (κ2) is 6.58. The minimum absolute atomic E-state index is 0.187. The Bertz CT molecular complexity index is 598. The number of nitrogen functional groups attached to an aromatic ring is 1. The van der Waals surface area contributed by atoms with E-state index in [4.69, 9.17) is 22.1 Å². The van der Waals surface area contributed by atoms with Gasteiger partial charge in [0.2, 0.25) is 0 Å². The van der Waals surface area contributed by atoms with E-state index in [2.05, 4.69) is 9.69 Å². The second-order valence-electron chi connectivity index (χ2n) is 3.97. The molecular weight excluding hydrogens is 298 g/mol. The molecule has 1 heterocycles. The molecule has 0 saturated carbocycles. The van der Waals surface area contributed by atoms with Gasteiger partial charge in [0.05, 0.1) is 6.61 Å². The molecule has 20 heavy (non-hydrogen) atoms. The molecule has 0 saturated heterocycles. The van der Waals surface area contributed by atoms with E-state index in [9.17, 15) is 4.79 Å². The van der Waals surface area contributed by atoms with E-state index in [1.807, 2.05) is 24.3 Å². The third-order valence-corrected chi connectivity index (χ3v) is 3.64. The van der Waals surface area contributed by atoms with Crippen LogP contribution in [0.15, 0.2) is 24.3 Å². The first-order valence-electron chi connectivity index (χ1n) is 6.02. The molecule has 0 aliphatic carbocycles. The lowest BCUT2D eigenvalue weighted by molar-refractivity contribution is 0.0529. The zero-order valence-electron chi connectivity index (χ0n) is 10.9. The Kier molecular flexibility index (Phi) is 4.81. The van der Waals surface area contributed by atoms with E-state index in [-0.39, 0.29) is 5.82 Å². The van der Waals surface area contributed by atoms with Crippen molar-refractivity contribution in [1.82, 2.24) is 4.37 Å². The Labute approximate surface area is 125 Å². The van der Waals surface area contributed by atoms with Crippen molar-refractivity contribution in [2.75, 3.05) is 17.7 Å². The van der Waals surface area contributed by atoms with Crippen LogP contribution in [0.4, 0.5) is 10.8 Å². The smallest absolute Gasteiger partial charge is 0.344 e. The van der Waals surface area contributed by atoms with Crippen LogP contribution >= 0.6 is 23.1 Å². The van der Waals surface area contributed by atoms with E-state index in [1.54, 1.807) is 6.92 Å². The maximum Gasteiger partial charge on any atom is 0.344 e. The summed E-state index contributed by atoms with van der Waals surface area (Å²) in [5.41, 5.74) is 7.04. The van der Waals surface area contributed by atoms with Gasteiger partial charge in [-0.15, -0.1) is 0 Å². The number of hydrogen-bond donors (Lipinski definition) is 2. The van der Waals surface area contributed by atoms with Gasteiger partial charge in [-0.3, -0.25) is 0 Å². The fourth-order valence-electron chi connectivity index (χ4n) is 1.61. The first kappa shape index (κ1) is 14.6. The predicted molar refractivity (Wildman–Crippen MR) is 81.3 cm³/mol. The van der Waals surface area contributed by atoms with Crippen molar-refractivity contribution >= 4 is 39.9 Å². The van der Waals surface area contributed by atoms with Crippen molar-refractivity contribution in [2.45, 2.75) is 13.5 Å². The molecular formula is C13H14ClN3O2S. The molecule has 3 N–H and O–H groups in total. The number of carbonyl (C=O) groups is 1. The normalized spacial score (nSPS) is 10.3. The van der Waals surface area contributed by atoms with Gasteiger partial charge in [-0.1, -0.05) is 23.7 Å². The number of anilines is 2. The van der Waals surface area contributed by atoms with E-state index in [1.165, 1.54) is 0 Å². The third kappa shape index (κ3) is 3.40. The molecule has 0 atom stereocenters. The largest absolute Gasteiger partial charge is 0.462 e. The SMILES string of the molecule is CCOC(=O)c1c(N)nsc1NCc1ccc(Cl)cc1. The van der Waals surface area contributed by atoms with Gasteiger partial charge in [0.1, 0.15) is 10.6 Å². The number of carbonyl (C=O) groups excluding carboxylic acids is 1. The standard InChI is InChI=1S/C13H14ClN3O2S/c1-2-19-13(18)10-11(15)17-20-12(10)16-7-8-3-5-9(14)6-4-8/h3-6,16H,2,7H2,1H3,(H2,15,17). The van der Waals surface area contributed by atoms with Crippen molar-refractivity contribution in [2.24, 2.45) is 0 Å². The molecule has 0 radical (unpaired) electrons. The molecule has 106 valence electrons. The number of benzene rings is 1. The minimum Gasteiger partial charge on any atom is -0.462 e. The van der Waals surface area contributed by atoms with E-state index in [0.717, 1.165) is 17.1 Å². The lowest BCUT2D eigenvalue weighted by atomic mass is 10.2. The van der Waals surface area contributed by atoms with Crippen molar-refractivity contribution in [3.05, 3.63) is 40.4 Å². The zero-order valence-corrected chi connectivity index (χ0v) is 12.4. The fourth-order valence-corrected chi connectivity index (χ4v) is 2.43. The molecule has 0 spiro atoms. The van der Waals surface area contributed by atoms with E-state index < -0.39 is 5.97 Å². The lowest BCUT2D eigenvalue weighted by Crippen LogP contribution is -2.10. The summed E-state index contributed by atoms with van der Waals surface area (Å²) in [5.74, 6) is -0.274. The summed E-state index contributed by atoms with van der Waals surface area (Å²) >= 11 is 6.97. The highest BCUT2D eigenvalue weighted by atomic mass is 35.5. The number of nitrogens with two attached hydrogens (primary N) is 1. The van der Waals surface area contributed by atoms with E-state index in [0.29, 0.717) is 28.7 Å². The summed E-state index contributed by atoms with van der Waals surface area (Å²) in [6.07, 6.45) is 0. The van der Waals surface area contributed by atoms with Crippen LogP contribution in [0.2, 0.25) is 5.02 Å². The fraction of sp³-hybridized carbons (Fsp3) is 0.231. The molecule has 2 aromatic rings. The maximum atomic E-state index is 11.8. The van der Waals surface area contributed by atoms with Crippen LogP contribution in [0.25, 0.3) is 0 Å². The number of aromatic nitrogens is 1. The van der Waals surface area contributed by atoms with Crippen molar-refractivity contribution in [3.8, 4) is 0 Å². The summed E-state index contributed by atoms with van der Waals surface area (Å²) in [4.78, 5) is 11.8. The molecule has 1 aromatic carbocycles. The van der Waals surface area contributed by atoms with Crippen LogP contribution in [0.3, 0.4) is 0 Å². The van der Waals surface area contributed by atoms with E-state index >= 15 is 0 Å². The Morgan fingerprint density at radius 2 is 2.15 bits per heavy atom. The number of rotatable bonds is 5. The van der Waals surface area contributed by atoms with Gasteiger partial charge in [0, 0.05) is 11.6 Å². The molecule has 1 aromatic heterocycles. The first-order valence-corrected chi connectivity index (χ1v) is 7.17. The number of ether oxygens (including phenoxy) is 1. The van der Waals surface area contributed by atoms with Crippen molar-refractivity contribution in [1.29, 1.82) is 0 Å². The zero-order chi connectivity index (χ0) is 14.5. The highest BCUT2D eigenvalue weighted by molar-refractivity contribution is 7.11. The molecule has 5 nitrogen and oxygen atoms in total. The van der Waals surface area contributed by atoms with Gasteiger partial charge in [0.25, 0.3) is 0 Å². The van der Waals surface area contributed by atoms with Crippen LogP contribution in [-0.2, 0) is 11.3 Å². The average molecular weight is 312 g/mol. The maximum absolute atomic E-state index is 11.8. The summed E-state index contributed by atoms with van der Waals surface area (Å²) in [5, 5.41) is 4.43. The summed E-state index contributed by atoms with van der Waals surface area (Å²) in [6, 6.07) is 7.44. The second-order valence-corrected chi connectivity index (χ2v) is 5.18. The molecule has 0 aliphatic rings. The van der Waals surface area contributed by atoms with Gasteiger partial charge in [-0.05, 0) is 36.2 Å². The Hall–Kier alpha value is -1.79. The van der Waals surface area contributed by atoms with Gasteiger partial charge < -0.3 is 15.8 Å². The molecule has 0 bridgehead atoms. The average Bonchev–Trinajstić information content (AvgIpc) is 2.79. The minimum atomic E-state index is -0.461. The third-order valence-electron chi connectivity index (χ3n) is 2.56. The predicted octanol–water partition coefficient (Wildman–Crippen LogP) is 3.17. The topological polar surface area (TPSA) is 77.2 Å². The number of nitrogens with zero attached hydrogens (tertiary/aromatic N) is 1. The Balaban J connectivity index is 2.10. The molecule has 0 aliphatic heterocycles. The quantitative estimate of drug-likeness (QED) is 0.829. The van der Waals surface area contributed by atoms with Crippen LogP contribution < -0.4 is 11.1 Å². The Morgan fingerprint density at radius 3 is 2.80 bits per heavy atom. The van der Waals surface area contributed by atoms with Crippen molar-refractivity contribution in [3.63, 3.8) is 0 Å². The van der Waals surface area contributed by atoms with Gasteiger partial charge in [0.15, 0.2) is 5.82 Å². The molecule has 0 fully saturated rings. The highest BCUT2D eigenvalue weighted by Crippen LogP contribution is 2.28. The summed E-state index contributed by atoms with van der Waals surface area (Å²) in [7, 11) is 0. The number of esters is 1. The van der Waals surface area contributed by atoms with Gasteiger partial charge >= 0.3 is 5.97 Å². The highest BCUT2D eigenvalue weighted by Gasteiger charge is 2.20. The summed E-state index contributed by atoms with van der Waals surface area (Å²) in [6.45, 7) is 2.59. The monoisotopic (exact) mass is 311 g/mol. The lowest BCUT2D eigenvalue weighted by Gasteiger charge is -2.07. The van der Waals surface area contributed by atoms with Gasteiger partial charge in [-0.25, -0.2) is 4.79 Å². The molecule has 2 rings (SSSR count).